The van der Waals surface area contributed by atoms with Crippen molar-refractivity contribution in [3.05, 3.63) is 30.1 Å². The lowest BCUT2D eigenvalue weighted by molar-refractivity contribution is -0.121. The lowest BCUT2D eigenvalue weighted by atomic mass is 9.84. The van der Waals surface area contributed by atoms with E-state index in [9.17, 15) is 9.59 Å². The molecule has 1 N–H and O–H groups in total. The highest BCUT2D eigenvalue weighted by atomic mass is 32.2. The Morgan fingerprint density at radius 2 is 2.07 bits per heavy atom. The van der Waals surface area contributed by atoms with Crippen LogP contribution in [0, 0.1) is 17.8 Å². The number of aromatic nitrogens is 1. The number of thioether (sulfide) groups is 1. The van der Waals surface area contributed by atoms with Crippen LogP contribution in [0.2, 0.25) is 0 Å². The molecule has 0 aromatic carbocycles. The first-order valence-electron chi connectivity index (χ1n) is 10.8. The first-order chi connectivity index (χ1) is 14.0. The second kappa shape index (κ2) is 7.42. The SMILES string of the molecule is CC1(C2CCN(C(=O)c3cccnc3)CC2)SC(N[C@H]2C[C@H]3CC[C@H]2C3)=NC1=O. The minimum absolute atomic E-state index is 0.00908. The summed E-state index contributed by atoms with van der Waals surface area (Å²) in [5.74, 6) is 1.88. The molecular weight excluding hydrogens is 384 g/mol. The van der Waals surface area contributed by atoms with Crippen LogP contribution in [0.1, 0.15) is 55.8 Å². The van der Waals surface area contributed by atoms with E-state index < -0.39 is 4.75 Å². The van der Waals surface area contributed by atoms with Crippen LogP contribution in [0.5, 0.6) is 0 Å². The molecule has 6 nitrogen and oxygen atoms in total. The number of pyridine rings is 1. The molecule has 0 spiro atoms. The average molecular weight is 413 g/mol. The largest absolute Gasteiger partial charge is 0.361 e. The average Bonchev–Trinajstić information content (AvgIpc) is 3.44. The molecule has 0 radical (unpaired) electrons. The highest BCUT2D eigenvalue weighted by Crippen LogP contribution is 2.47. The third kappa shape index (κ3) is 3.47. The van der Waals surface area contributed by atoms with Crippen LogP contribution in [-0.4, -0.2) is 50.7 Å². The summed E-state index contributed by atoms with van der Waals surface area (Å²) < 4.78 is -0.511. The molecule has 2 amide bonds. The van der Waals surface area contributed by atoms with Crippen molar-refractivity contribution < 1.29 is 9.59 Å². The second-order valence-electron chi connectivity index (χ2n) is 9.17. The predicted molar refractivity (Wildman–Crippen MR) is 114 cm³/mol. The van der Waals surface area contributed by atoms with Gasteiger partial charge in [-0.05, 0) is 68.9 Å². The van der Waals surface area contributed by atoms with Gasteiger partial charge in [-0.2, -0.15) is 4.99 Å². The number of rotatable bonds is 3. The van der Waals surface area contributed by atoms with Gasteiger partial charge in [-0.15, -0.1) is 0 Å². The van der Waals surface area contributed by atoms with E-state index in [-0.39, 0.29) is 17.7 Å². The number of aliphatic imine (C=N–C) groups is 1. The summed E-state index contributed by atoms with van der Waals surface area (Å²) in [4.78, 5) is 35.8. The van der Waals surface area contributed by atoms with Crippen LogP contribution < -0.4 is 5.32 Å². The molecule has 2 aliphatic heterocycles. The summed E-state index contributed by atoms with van der Waals surface area (Å²) in [7, 11) is 0. The zero-order valence-corrected chi connectivity index (χ0v) is 17.7. The molecule has 1 aromatic heterocycles. The van der Waals surface area contributed by atoms with Crippen LogP contribution in [-0.2, 0) is 4.79 Å². The fourth-order valence-electron chi connectivity index (χ4n) is 5.68. The summed E-state index contributed by atoms with van der Waals surface area (Å²) in [5.41, 5.74) is 0.629. The zero-order valence-electron chi connectivity index (χ0n) is 16.8. The number of amides is 2. The maximum absolute atomic E-state index is 12.8. The smallest absolute Gasteiger partial charge is 0.264 e. The molecule has 1 saturated heterocycles. The number of nitrogens with zero attached hydrogens (tertiary/aromatic N) is 3. The minimum Gasteiger partial charge on any atom is -0.361 e. The lowest BCUT2D eigenvalue weighted by Gasteiger charge is -2.38. The van der Waals surface area contributed by atoms with Crippen LogP contribution >= 0.6 is 11.8 Å². The quantitative estimate of drug-likeness (QED) is 0.826. The van der Waals surface area contributed by atoms with Crippen LogP contribution in [0.15, 0.2) is 29.5 Å². The zero-order chi connectivity index (χ0) is 20.0. The van der Waals surface area contributed by atoms with E-state index in [1.807, 2.05) is 11.8 Å². The molecule has 29 heavy (non-hydrogen) atoms. The molecule has 3 heterocycles. The number of amidine groups is 1. The van der Waals surface area contributed by atoms with Gasteiger partial charge in [0, 0.05) is 31.5 Å². The fraction of sp³-hybridized carbons (Fsp3) is 0.636. The summed E-state index contributed by atoms with van der Waals surface area (Å²) in [6.45, 7) is 3.40. The van der Waals surface area contributed by atoms with Gasteiger partial charge in [0.15, 0.2) is 5.17 Å². The summed E-state index contributed by atoms with van der Waals surface area (Å²) >= 11 is 1.62. The third-order valence-electron chi connectivity index (χ3n) is 7.45. The van der Waals surface area contributed by atoms with E-state index in [4.69, 9.17) is 0 Å². The van der Waals surface area contributed by atoms with Crippen LogP contribution in [0.3, 0.4) is 0 Å². The summed E-state index contributed by atoms with van der Waals surface area (Å²) in [5, 5.41) is 4.43. The first kappa shape index (κ1) is 19.1. The van der Waals surface area contributed by atoms with Crippen LogP contribution in [0.4, 0.5) is 0 Å². The Morgan fingerprint density at radius 3 is 2.72 bits per heavy atom. The van der Waals surface area contributed by atoms with E-state index in [1.165, 1.54) is 25.7 Å². The number of likely N-dealkylation sites (tertiary alicyclic amines) is 1. The van der Waals surface area contributed by atoms with Crippen molar-refractivity contribution >= 4 is 28.7 Å². The Morgan fingerprint density at radius 1 is 1.24 bits per heavy atom. The third-order valence-corrected chi connectivity index (χ3v) is 8.79. The molecule has 1 aromatic rings. The normalized spacial score (nSPS) is 34.5. The second-order valence-corrected chi connectivity index (χ2v) is 10.6. The van der Waals surface area contributed by atoms with E-state index >= 15 is 0 Å². The van der Waals surface area contributed by atoms with E-state index in [0.29, 0.717) is 24.7 Å². The molecule has 5 rings (SSSR count). The molecule has 2 bridgehead atoms. The molecule has 3 fully saturated rings. The lowest BCUT2D eigenvalue weighted by Crippen LogP contribution is -2.46. The first-order valence-corrected chi connectivity index (χ1v) is 11.6. The van der Waals surface area contributed by atoms with Gasteiger partial charge in [0.05, 0.1) is 5.56 Å². The number of nitrogens with one attached hydrogen (secondary N) is 1. The molecule has 1 unspecified atom stereocenters. The number of hydrogen-bond donors (Lipinski definition) is 1. The van der Waals surface area contributed by atoms with Crippen LogP contribution in [0.25, 0.3) is 0 Å². The van der Waals surface area contributed by atoms with Crippen molar-refractivity contribution in [1.29, 1.82) is 0 Å². The Labute approximate surface area is 175 Å². The summed E-state index contributed by atoms with van der Waals surface area (Å²) in [6.07, 6.45) is 10.2. The van der Waals surface area contributed by atoms with Crippen molar-refractivity contribution in [3.8, 4) is 0 Å². The predicted octanol–water partition coefficient (Wildman–Crippen LogP) is 3.10. The van der Waals surface area contributed by atoms with E-state index in [0.717, 1.165) is 29.8 Å². The number of carbonyl (C=O) groups excluding carboxylic acids is 2. The monoisotopic (exact) mass is 412 g/mol. The van der Waals surface area contributed by atoms with Crippen molar-refractivity contribution in [2.45, 2.75) is 56.2 Å². The van der Waals surface area contributed by atoms with Gasteiger partial charge < -0.3 is 10.2 Å². The topological polar surface area (TPSA) is 74.7 Å². The molecule has 154 valence electrons. The minimum atomic E-state index is -0.511. The molecule has 4 aliphatic rings. The van der Waals surface area contributed by atoms with Gasteiger partial charge in [0.2, 0.25) is 0 Å². The molecule has 7 heteroatoms. The van der Waals surface area contributed by atoms with Gasteiger partial charge in [0.25, 0.3) is 11.8 Å². The van der Waals surface area contributed by atoms with Gasteiger partial charge in [-0.25, -0.2) is 0 Å². The summed E-state index contributed by atoms with van der Waals surface area (Å²) in [6, 6.07) is 4.09. The molecular formula is C22H28N4O2S. The Balaban J connectivity index is 1.18. The van der Waals surface area contributed by atoms with Crippen molar-refractivity contribution in [2.75, 3.05) is 13.1 Å². The van der Waals surface area contributed by atoms with Gasteiger partial charge in [0.1, 0.15) is 4.75 Å². The number of carbonyl (C=O) groups is 2. The molecule has 4 atom stereocenters. The van der Waals surface area contributed by atoms with Gasteiger partial charge >= 0.3 is 0 Å². The Kier molecular flexibility index (Phi) is 4.88. The Hall–Kier alpha value is -1.89. The maximum atomic E-state index is 12.8. The Bertz CT molecular complexity index is 836. The fourth-order valence-corrected chi connectivity index (χ4v) is 6.95. The highest BCUT2D eigenvalue weighted by Gasteiger charge is 2.49. The standard InChI is InChI=1S/C22H28N4O2S/c1-22(17-6-9-26(10-7-17)19(27)16-3-2-8-23-13-16)20(28)25-21(29-22)24-18-12-14-4-5-15(18)11-14/h2-3,8,13-15,17-18H,4-7,9-12H2,1H3,(H,24,25,28)/t14-,15-,18-,22?/m0/s1. The van der Waals surface area contributed by atoms with E-state index in [1.54, 1.807) is 36.3 Å². The highest BCUT2D eigenvalue weighted by molar-refractivity contribution is 8.16. The number of piperidine rings is 1. The van der Waals surface area contributed by atoms with E-state index in [2.05, 4.69) is 15.3 Å². The molecule has 2 saturated carbocycles. The van der Waals surface area contributed by atoms with Crippen molar-refractivity contribution in [1.82, 2.24) is 15.2 Å². The van der Waals surface area contributed by atoms with Gasteiger partial charge in [-0.3, -0.25) is 14.6 Å². The van der Waals surface area contributed by atoms with Gasteiger partial charge in [-0.1, -0.05) is 18.2 Å². The number of fused-ring (bicyclic) bond motifs is 2. The van der Waals surface area contributed by atoms with Crippen molar-refractivity contribution in [3.63, 3.8) is 0 Å². The van der Waals surface area contributed by atoms with Crippen molar-refractivity contribution in [2.24, 2.45) is 22.7 Å². The molecule has 2 aliphatic carbocycles. The number of hydrogen-bond acceptors (Lipinski definition) is 5. The maximum Gasteiger partial charge on any atom is 0.264 e.